The third-order valence-corrected chi connectivity index (χ3v) is 8.92. The average Bonchev–Trinajstić information content (AvgIpc) is 3.24. The number of fused-ring (bicyclic) bond motifs is 2. The second-order valence-electron chi connectivity index (χ2n) is 9.40. The monoisotopic (exact) mass is 451 g/mol. The van der Waals surface area contributed by atoms with Crippen LogP contribution in [0.2, 0.25) is 0 Å². The van der Waals surface area contributed by atoms with Crippen molar-refractivity contribution in [3.8, 4) is 0 Å². The van der Waals surface area contributed by atoms with E-state index in [1.807, 2.05) is 30.0 Å². The number of nitrogens with zero attached hydrogens (tertiary/aromatic N) is 3. The molecule has 8 heteroatoms. The smallest absolute Gasteiger partial charge is 0.283 e. The van der Waals surface area contributed by atoms with Gasteiger partial charge in [0.25, 0.3) is 15.9 Å². The first kappa shape index (κ1) is 19.9. The quantitative estimate of drug-likeness (QED) is 0.758. The zero-order valence-electron chi connectivity index (χ0n) is 18.0. The van der Waals surface area contributed by atoms with E-state index >= 15 is 0 Å². The summed E-state index contributed by atoms with van der Waals surface area (Å²) >= 11 is 0. The van der Waals surface area contributed by atoms with Gasteiger partial charge >= 0.3 is 0 Å². The normalized spacial score (nSPS) is 31.8. The minimum Gasteiger partial charge on any atom is -0.385 e. The van der Waals surface area contributed by atoms with Crippen LogP contribution in [0, 0.1) is 12.8 Å². The van der Waals surface area contributed by atoms with E-state index in [-0.39, 0.29) is 16.7 Å². The van der Waals surface area contributed by atoms with Gasteiger partial charge in [0.2, 0.25) is 0 Å². The SMILES string of the molecule is Cc1ccc(S(=O)(=O)/N=C2\C[C@@H]3[C@H]4N(C(=O)[C@H](C)N24)c2cccc4c2[C@@]3(O)CCC4)cc1. The Morgan fingerprint density at radius 1 is 1.16 bits per heavy atom. The molecule has 0 aromatic heterocycles. The largest absolute Gasteiger partial charge is 0.385 e. The van der Waals surface area contributed by atoms with Gasteiger partial charge in [0.15, 0.2) is 0 Å². The second-order valence-corrected chi connectivity index (χ2v) is 11.0. The van der Waals surface area contributed by atoms with Gasteiger partial charge in [-0.1, -0.05) is 29.8 Å². The molecule has 7 nitrogen and oxygen atoms in total. The van der Waals surface area contributed by atoms with Crippen molar-refractivity contribution in [3.05, 3.63) is 59.2 Å². The third kappa shape index (κ3) is 2.48. The van der Waals surface area contributed by atoms with Gasteiger partial charge in [0, 0.05) is 17.9 Å². The highest BCUT2D eigenvalue weighted by Gasteiger charge is 2.64. The van der Waals surface area contributed by atoms with Crippen molar-refractivity contribution in [1.29, 1.82) is 0 Å². The Kier molecular flexibility index (Phi) is 4.00. The van der Waals surface area contributed by atoms with E-state index in [1.54, 1.807) is 36.1 Å². The van der Waals surface area contributed by atoms with Gasteiger partial charge in [0.05, 0.1) is 16.2 Å². The van der Waals surface area contributed by atoms with Crippen molar-refractivity contribution < 1.29 is 18.3 Å². The van der Waals surface area contributed by atoms with Gasteiger partial charge in [-0.05, 0) is 56.9 Å². The Morgan fingerprint density at radius 2 is 1.91 bits per heavy atom. The lowest BCUT2D eigenvalue weighted by molar-refractivity contribution is -0.119. The third-order valence-electron chi connectivity index (χ3n) is 7.61. The molecule has 0 radical (unpaired) electrons. The van der Waals surface area contributed by atoms with Gasteiger partial charge in [0.1, 0.15) is 18.0 Å². The molecule has 166 valence electrons. The Morgan fingerprint density at radius 3 is 2.66 bits per heavy atom. The maximum Gasteiger partial charge on any atom is 0.283 e. The molecule has 2 aromatic carbocycles. The summed E-state index contributed by atoms with van der Waals surface area (Å²) in [6.45, 7) is 3.69. The highest BCUT2D eigenvalue weighted by Crippen LogP contribution is 2.57. The molecular weight excluding hydrogens is 426 g/mol. The van der Waals surface area contributed by atoms with Crippen LogP contribution in [0.1, 0.15) is 42.9 Å². The fraction of sp³-hybridized carbons (Fsp3) is 0.417. The number of rotatable bonds is 2. The molecule has 1 aliphatic carbocycles. The minimum absolute atomic E-state index is 0.0823. The zero-order chi connectivity index (χ0) is 22.4. The molecule has 0 bridgehead atoms. The van der Waals surface area contributed by atoms with E-state index in [2.05, 4.69) is 4.40 Å². The summed E-state index contributed by atoms with van der Waals surface area (Å²) in [6, 6.07) is 11.9. The average molecular weight is 452 g/mol. The number of benzene rings is 2. The molecule has 2 fully saturated rings. The summed E-state index contributed by atoms with van der Waals surface area (Å²) < 4.78 is 30.4. The van der Waals surface area contributed by atoms with Crippen LogP contribution >= 0.6 is 0 Å². The Balaban J connectivity index is 1.51. The number of aryl methyl sites for hydroxylation is 2. The molecule has 0 spiro atoms. The van der Waals surface area contributed by atoms with Crippen LogP contribution < -0.4 is 4.90 Å². The summed E-state index contributed by atoms with van der Waals surface area (Å²) in [5, 5.41) is 12.0. The maximum absolute atomic E-state index is 13.3. The molecule has 32 heavy (non-hydrogen) atoms. The van der Waals surface area contributed by atoms with Crippen molar-refractivity contribution in [2.24, 2.45) is 10.3 Å². The summed E-state index contributed by atoms with van der Waals surface area (Å²) in [5.74, 6) is -0.0456. The van der Waals surface area contributed by atoms with E-state index in [0.717, 1.165) is 35.2 Å². The number of anilines is 1. The van der Waals surface area contributed by atoms with Gasteiger partial charge in [-0.3, -0.25) is 9.69 Å². The maximum atomic E-state index is 13.3. The highest BCUT2D eigenvalue weighted by atomic mass is 32.2. The Bertz CT molecular complexity index is 1290. The molecular formula is C24H25N3O4S. The highest BCUT2D eigenvalue weighted by molar-refractivity contribution is 7.90. The van der Waals surface area contributed by atoms with Gasteiger partial charge < -0.3 is 10.0 Å². The van der Waals surface area contributed by atoms with E-state index in [4.69, 9.17) is 0 Å². The van der Waals surface area contributed by atoms with Gasteiger partial charge in [-0.25, -0.2) is 0 Å². The van der Waals surface area contributed by atoms with Crippen molar-refractivity contribution in [1.82, 2.24) is 4.90 Å². The molecule has 0 saturated carbocycles. The fourth-order valence-corrected chi connectivity index (χ4v) is 7.20. The van der Waals surface area contributed by atoms with Crippen LogP contribution in [0.4, 0.5) is 5.69 Å². The van der Waals surface area contributed by atoms with Gasteiger partial charge in [-0.2, -0.15) is 8.42 Å². The minimum atomic E-state index is -3.94. The summed E-state index contributed by atoms with van der Waals surface area (Å²) in [5.41, 5.74) is 2.54. The fourth-order valence-electron chi connectivity index (χ4n) is 6.16. The van der Waals surface area contributed by atoms with Gasteiger partial charge in [-0.15, -0.1) is 4.40 Å². The number of carbonyl (C=O) groups is 1. The molecule has 1 N–H and O–H groups in total. The number of aliphatic hydroxyl groups is 1. The standard InChI is InChI=1S/C24H25N3O4S/c1-14-8-10-17(11-9-14)32(30,31)25-20-13-18-22-26(20)15(2)23(28)27(22)19-7-3-5-16-6-4-12-24(18,29)21(16)19/h3,5,7-11,15,18,22,29H,4,6,12-13H2,1-2H3/b25-20+/t15-,18+,22+,24+/m0/s1. The number of hydrogen-bond acceptors (Lipinski definition) is 4. The number of sulfonamides is 1. The van der Waals surface area contributed by atoms with Crippen LogP contribution in [0.15, 0.2) is 51.8 Å². The first-order chi connectivity index (χ1) is 15.2. The van der Waals surface area contributed by atoms with Crippen LogP contribution in [0.3, 0.4) is 0 Å². The second kappa shape index (κ2) is 6.42. The van der Waals surface area contributed by atoms with Crippen molar-refractivity contribution in [2.75, 3.05) is 4.90 Å². The van der Waals surface area contributed by atoms with Crippen LogP contribution in [0.25, 0.3) is 0 Å². The first-order valence-corrected chi connectivity index (χ1v) is 12.5. The topological polar surface area (TPSA) is 90.3 Å². The van der Waals surface area contributed by atoms with Crippen LogP contribution in [-0.4, -0.2) is 42.4 Å². The lowest BCUT2D eigenvalue weighted by Crippen LogP contribution is -2.55. The summed E-state index contributed by atoms with van der Waals surface area (Å²) in [6.07, 6.45) is 2.21. The predicted octanol–water partition coefficient (Wildman–Crippen LogP) is 2.70. The van der Waals surface area contributed by atoms with Crippen molar-refractivity contribution in [2.45, 2.75) is 62.2 Å². The predicted molar refractivity (Wildman–Crippen MR) is 120 cm³/mol. The van der Waals surface area contributed by atoms with Crippen molar-refractivity contribution >= 4 is 27.5 Å². The van der Waals surface area contributed by atoms with E-state index in [9.17, 15) is 18.3 Å². The lowest BCUT2D eigenvalue weighted by Gasteiger charge is -2.49. The molecule has 3 heterocycles. The molecule has 4 atom stereocenters. The lowest BCUT2D eigenvalue weighted by atomic mass is 9.67. The molecule has 0 unspecified atom stereocenters. The molecule has 4 aliphatic rings. The number of carbonyl (C=O) groups excluding carboxylic acids is 1. The molecule has 3 aliphatic heterocycles. The summed E-state index contributed by atoms with van der Waals surface area (Å²) in [4.78, 5) is 17.1. The number of hydrogen-bond donors (Lipinski definition) is 1. The van der Waals surface area contributed by atoms with Crippen LogP contribution in [-0.2, 0) is 26.8 Å². The first-order valence-electron chi connectivity index (χ1n) is 11.1. The number of amides is 1. The van der Waals surface area contributed by atoms with E-state index < -0.39 is 27.8 Å². The summed E-state index contributed by atoms with van der Waals surface area (Å²) in [7, 11) is -3.94. The zero-order valence-corrected chi connectivity index (χ0v) is 18.8. The molecule has 1 amide bonds. The van der Waals surface area contributed by atoms with Crippen molar-refractivity contribution in [3.63, 3.8) is 0 Å². The molecule has 6 rings (SSSR count). The van der Waals surface area contributed by atoms with E-state index in [1.165, 1.54) is 0 Å². The van der Waals surface area contributed by atoms with E-state index in [0.29, 0.717) is 18.7 Å². The molecule has 2 saturated heterocycles. The molecule has 2 aromatic rings. The van der Waals surface area contributed by atoms with Crippen LogP contribution in [0.5, 0.6) is 0 Å². The Hall–Kier alpha value is -2.71. The Labute approximate surface area is 187 Å². The number of amidine groups is 1.